The van der Waals surface area contributed by atoms with Crippen LogP contribution in [0.15, 0.2) is 15.9 Å². The number of hydrogen-bond acceptors (Lipinski definition) is 3. The molecule has 1 N–H and O–H groups in total. The second-order valence-electron chi connectivity index (χ2n) is 6.27. The quantitative estimate of drug-likeness (QED) is 0.749. The number of rotatable bonds is 7. The molecule has 1 aromatic rings. The zero-order valence-corrected chi connectivity index (χ0v) is 16.2. The highest BCUT2D eigenvalue weighted by Crippen LogP contribution is 2.30. The van der Waals surface area contributed by atoms with Gasteiger partial charge in [-0.3, -0.25) is 9.59 Å². The van der Waals surface area contributed by atoms with Gasteiger partial charge in [0.05, 0.1) is 15.2 Å². The van der Waals surface area contributed by atoms with Crippen molar-refractivity contribution in [2.75, 3.05) is 13.6 Å². The van der Waals surface area contributed by atoms with Crippen LogP contribution in [0.3, 0.4) is 0 Å². The van der Waals surface area contributed by atoms with E-state index in [1.807, 2.05) is 6.07 Å². The molecule has 1 aromatic heterocycles. The van der Waals surface area contributed by atoms with Crippen molar-refractivity contribution in [2.24, 2.45) is 5.92 Å². The van der Waals surface area contributed by atoms with Crippen molar-refractivity contribution in [2.45, 2.75) is 51.5 Å². The molecule has 2 unspecified atom stereocenters. The minimum absolute atomic E-state index is 0.0510. The van der Waals surface area contributed by atoms with E-state index in [-0.39, 0.29) is 24.4 Å². The predicted octanol–water partition coefficient (Wildman–Crippen LogP) is 4.06. The van der Waals surface area contributed by atoms with E-state index in [1.165, 1.54) is 48.3 Å². The summed E-state index contributed by atoms with van der Waals surface area (Å²) in [5.74, 6) is 0.447. The zero-order chi connectivity index (χ0) is 16.8. The number of thiophene rings is 1. The summed E-state index contributed by atoms with van der Waals surface area (Å²) in [7, 11) is 1.68. The number of nitrogens with one attached hydrogen (secondary N) is 1. The third-order valence-corrected chi connectivity index (χ3v) is 6.06. The van der Waals surface area contributed by atoms with E-state index in [2.05, 4.69) is 28.2 Å². The van der Waals surface area contributed by atoms with E-state index in [9.17, 15) is 9.59 Å². The Bertz CT molecular complexity index is 546. The summed E-state index contributed by atoms with van der Waals surface area (Å²) in [5, 5.41) is 3.14. The third kappa shape index (κ3) is 5.31. The van der Waals surface area contributed by atoms with Gasteiger partial charge in [0, 0.05) is 13.1 Å². The van der Waals surface area contributed by atoms with E-state index in [0.717, 1.165) is 10.2 Å². The van der Waals surface area contributed by atoms with Gasteiger partial charge in [-0.25, -0.2) is 0 Å². The lowest BCUT2D eigenvalue weighted by molar-refractivity contribution is -0.122. The van der Waals surface area contributed by atoms with Gasteiger partial charge in [-0.05, 0) is 53.2 Å². The normalized spacial score (nSPS) is 20.5. The Morgan fingerprint density at radius 1 is 1.39 bits per heavy atom. The molecule has 2 atom stereocenters. The largest absolute Gasteiger partial charge is 0.352 e. The smallest absolute Gasteiger partial charge is 0.264 e. The van der Waals surface area contributed by atoms with Gasteiger partial charge >= 0.3 is 0 Å². The summed E-state index contributed by atoms with van der Waals surface area (Å²) in [6.07, 6.45) is 7.09. The van der Waals surface area contributed by atoms with Gasteiger partial charge in [-0.1, -0.05) is 26.2 Å². The summed E-state index contributed by atoms with van der Waals surface area (Å²) in [6, 6.07) is 3.92. The van der Waals surface area contributed by atoms with Crippen LogP contribution < -0.4 is 5.32 Å². The van der Waals surface area contributed by atoms with Crippen molar-refractivity contribution in [3.8, 4) is 0 Å². The van der Waals surface area contributed by atoms with E-state index < -0.39 is 0 Å². The molecular formula is C17H25BrN2O2S. The summed E-state index contributed by atoms with van der Waals surface area (Å²) in [5.41, 5.74) is 0. The number of carbonyl (C=O) groups excluding carboxylic acids is 2. The molecule has 4 nitrogen and oxygen atoms in total. The van der Waals surface area contributed by atoms with Crippen LogP contribution in [0.5, 0.6) is 0 Å². The molecule has 2 amide bonds. The van der Waals surface area contributed by atoms with Crippen LogP contribution in [0.25, 0.3) is 0 Å². The maximum Gasteiger partial charge on any atom is 0.264 e. The molecular weight excluding hydrogens is 376 g/mol. The van der Waals surface area contributed by atoms with Crippen LogP contribution in [0, 0.1) is 5.92 Å². The molecule has 0 aliphatic heterocycles. The third-order valence-electron chi connectivity index (χ3n) is 4.45. The summed E-state index contributed by atoms with van der Waals surface area (Å²) in [6.45, 7) is 2.32. The zero-order valence-electron chi connectivity index (χ0n) is 13.8. The van der Waals surface area contributed by atoms with E-state index in [0.29, 0.717) is 10.8 Å². The topological polar surface area (TPSA) is 49.4 Å². The molecule has 6 heteroatoms. The highest BCUT2D eigenvalue weighted by molar-refractivity contribution is 9.11. The van der Waals surface area contributed by atoms with Crippen LogP contribution in [0.4, 0.5) is 0 Å². The van der Waals surface area contributed by atoms with Gasteiger partial charge in [0.1, 0.15) is 0 Å². The van der Waals surface area contributed by atoms with Gasteiger partial charge in [0.15, 0.2) is 0 Å². The molecule has 0 aromatic carbocycles. The Labute approximate surface area is 150 Å². The monoisotopic (exact) mass is 400 g/mol. The van der Waals surface area contributed by atoms with Gasteiger partial charge in [0.2, 0.25) is 5.91 Å². The minimum atomic E-state index is -0.107. The molecule has 1 heterocycles. The lowest BCUT2D eigenvalue weighted by Crippen LogP contribution is -2.43. The van der Waals surface area contributed by atoms with E-state index in [1.54, 1.807) is 13.1 Å². The Hall–Kier alpha value is -0.880. The fourth-order valence-corrected chi connectivity index (χ4v) is 4.58. The summed E-state index contributed by atoms with van der Waals surface area (Å²) >= 11 is 4.74. The Kier molecular flexibility index (Phi) is 7.09. The fourth-order valence-electron chi connectivity index (χ4n) is 3.20. The van der Waals surface area contributed by atoms with Crippen LogP contribution >= 0.6 is 27.3 Å². The SMILES string of the molecule is CCCCC1CCCC1NC(=O)CN(C)C(=O)c1ccc(Br)s1. The van der Waals surface area contributed by atoms with Gasteiger partial charge in [0.25, 0.3) is 5.91 Å². The highest BCUT2D eigenvalue weighted by atomic mass is 79.9. The average Bonchev–Trinajstić information content (AvgIpc) is 3.13. The lowest BCUT2D eigenvalue weighted by atomic mass is 9.97. The lowest BCUT2D eigenvalue weighted by Gasteiger charge is -2.23. The second kappa shape index (κ2) is 8.83. The number of likely N-dealkylation sites (N-methyl/N-ethyl adjacent to an activating group) is 1. The molecule has 1 fully saturated rings. The molecule has 0 saturated heterocycles. The number of amides is 2. The number of halogens is 1. The van der Waals surface area contributed by atoms with Crippen molar-refractivity contribution in [1.82, 2.24) is 10.2 Å². The first-order chi connectivity index (χ1) is 11.0. The molecule has 1 aliphatic rings. The van der Waals surface area contributed by atoms with Crippen LogP contribution in [0.2, 0.25) is 0 Å². The first-order valence-corrected chi connectivity index (χ1v) is 9.92. The van der Waals surface area contributed by atoms with Crippen LogP contribution in [-0.2, 0) is 4.79 Å². The number of nitrogens with zero attached hydrogens (tertiary/aromatic N) is 1. The molecule has 0 radical (unpaired) electrons. The van der Waals surface area contributed by atoms with Crippen molar-refractivity contribution in [1.29, 1.82) is 0 Å². The van der Waals surface area contributed by atoms with Crippen LogP contribution in [0.1, 0.15) is 55.1 Å². The summed E-state index contributed by atoms with van der Waals surface area (Å²) in [4.78, 5) is 26.7. The molecule has 128 valence electrons. The average molecular weight is 401 g/mol. The second-order valence-corrected chi connectivity index (χ2v) is 8.74. The Morgan fingerprint density at radius 3 is 2.83 bits per heavy atom. The van der Waals surface area contributed by atoms with Gasteiger partial charge in [-0.15, -0.1) is 11.3 Å². The summed E-state index contributed by atoms with van der Waals surface area (Å²) < 4.78 is 0.920. The van der Waals surface area contributed by atoms with Crippen molar-refractivity contribution < 1.29 is 9.59 Å². The highest BCUT2D eigenvalue weighted by Gasteiger charge is 2.28. The fraction of sp³-hybridized carbons (Fsp3) is 0.647. The molecule has 0 spiro atoms. The van der Waals surface area contributed by atoms with Crippen molar-refractivity contribution >= 4 is 39.1 Å². The van der Waals surface area contributed by atoms with Gasteiger partial charge in [-0.2, -0.15) is 0 Å². The van der Waals surface area contributed by atoms with Gasteiger partial charge < -0.3 is 10.2 Å². The molecule has 23 heavy (non-hydrogen) atoms. The molecule has 1 aliphatic carbocycles. The van der Waals surface area contributed by atoms with E-state index >= 15 is 0 Å². The number of carbonyl (C=O) groups is 2. The van der Waals surface area contributed by atoms with Crippen molar-refractivity contribution in [3.05, 3.63) is 20.8 Å². The van der Waals surface area contributed by atoms with Crippen molar-refractivity contribution in [3.63, 3.8) is 0 Å². The molecule has 2 rings (SSSR count). The molecule has 0 bridgehead atoms. The van der Waals surface area contributed by atoms with E-state index in [4.69, 9.17) is 0 Å². The maximum absolute atomic E-state index is 12.3. The maximum atomic E-state index is 12.3. The number of unbranched alkanes of at least 4 members (excludes halogenated alkanes) is 1. The first kappa shape index (κ1) is 18.5. The minimum Gasteiger partial charge on any atom is -0.352 e. The number of hydrogen-bond donors (Lipinski definition) is 1. The Balaban J connectivity index is 1.82. The van der Waals surface area contributed by atoms with Crippen LogP contribution in [-0.4, -0.2) is 36.3 Å². The standard InChI is InChI=1S/C17H25BrN2O2S/c1-3-4-6-12-7-5-8-13(12)19-16(21)11-20(2)17(22)14-9-10-15(18)23-14/h9-10,12-13H,3-8,11H2,1-2H3,(H,19,21). The Morgan fingerprint density at radius 2 is 2.17 bits per heavy atom. The predicted molar refractivity (Wildman–Crippen MR) is 97.8 cm³/mol. The first-order valence-electron chi connectivity index (χ1n) is 8.31. The molecule has 1 saturated carbocycles.